The van der Waals surface area contributed by atoms with Gasteiger partial charge >= 0.3 is 0 Å². The highest BCUT2D eigenvalue weighted by molar-refractivity contribution is 6.03. The van der Waals surface area contributed by atoms with E-state index < -0.39 is 6.04 Å². The first-order valence-electron chi connectivity index (χ1n) is 6.54. The van der Waals surface area contributed by atoms with Gasteiger partial charge < -0.3 is 11.1 Å². The predicted octanol–water partition coefficient (Wildman–Crippen LogP) is 2.61. The van der Waals surface area contributed by atoms with Crippen molar-refractivity contribution in [3.8, 4) is 0 Å². The normalized spacial score (nSPS) is 12.4. The molecule has 0 aliphatic rings. The van der Waals surface area contributed by atoms with Gasteiger partial charge in [-0.15, -0.1) is 0 Å². The zero-order chi connectivity index (χ0) is 13.8. The number of nitrogens with zero attached hydrogens (tertiary/aromatic N) is 1. The molecule has 0 fully saturated rings. The highest BCUT2D eigenvalue weighted by Gasteiger charge is 2.14. The van der Waals surface area contributed by atoms with Gasteiger partial charge in [0.15, 0.2) is 0 Å². The van der Waals surface area contributed by atoms with E-state index in [-0.39, 0.29) is 5.91 Å². The summed E-state index contributed by atoms with van der Waals surface area (Å²) in [5, 5.41) is 3.84. The number of aryl methyl sites for hydroxylation is 1. The molecule has 1 atom stereocenters. The molecular formula is C15H19N3O. The second-order valence-corrected chi connectivity index (χ2v) is 4.71. The van der Waals surface area contributed by atoms with Crippen LogP contribution >= 0.6 is 0 Å². The molecule has 0 saturated heterocycles. The third-order valence-electron chi connectivity index (χ3n) is 3.17. The number of amides is 1. The van der Waals surface area contributed by atoms with E-state index in [1.807, 2.05) is 38.1 Å². The fraction of sp³-hybridized carbons (Fsp3) is 0.333. The molecule has 1 unspecified atom stereocenters. The van der Waals surface area contributed by atoms with Gasteiger partial charge in [0, 0.05) is 11.6 Å². The lowest BCUT2D eigenvalue weighted by atomic mass is 10.1. The van der Waals surface area contributed by atoms with E-state index in [1.54, 1.807) is 6.20 Å². The fourth-order valence-electron chi connectivity index (χ4n) is 2.09. The monoisotopic (exact) mass is 257 g/mol. The number of anilines is 1. The van der Waals surface area contributed by atoms with Gasteiger partial charge in [0.2, 0.25) is 5.91 Å². The Labute approximate surface area is 113 Å². The van der Waals surface area contributed by atoms with Crippen LogP contribution in [0.4, 0.5) is 5.69 Å². The lowest BCUT2D eigenvalue weighted by molar-refractivity contribution is -0.117. The highest BCUT2D eigenvalue weighted by atomic mass is 16.2. The van der Waals surface area contributed by atoms with Crippen LogP contribution < -0.4 is 11.1 Å². The zero-order valence-electron chi connectivity index (χ0n) is 11.3. The van der Waals surface area contributed by atoms with Gasteiger partial charge in [0.1, 0.15) is 0 Å². The average molecular weight is 257 g/mol. The van der Waals surface area contributed by atoms with Crippen LogP contribution in [0.2, 0.25) is 0 Å². The van der Waals surface area contributed by atoms with Crippen LogP contribution in [0.5, 0.6) is 0 Å². The molecule has 0 saturated carbocycles. The van der Waals surface area contributed by atoms with Gasteiger partial charge in [-0.25, -0.2) is 0 Å². The number of hydrogen-bond acceptors (Lipinski definition) is 3. The third kappa shape index (κ3) is 2.90. The Balaban J connectivity index is 2.31. The number of carbonyl (C=O) groups is 1. The second kappa shape index (κ2) is 5.80. The lowest BCUT2D eigenvalue weighted by Gasteiger charge is -2.13. The van der Waals surface area contributed by atoms with Crippen LogP contribution in [-0.4, -0.2) is 16.9 Å². The summed E-state index contributed by atoms with van der Waals surface area (Å²) in [6.45, 7) is 4.02. The van der Waals surface area contributed by atoms with Crippen LogP contribution in [0.15, 0.2) is 30.5 Å². The molecule has 1 amide bonds. The summed E-state index contributed by atoms with van der Waals surface area (Å²) < 4.78 is 0. The molecule has 3 N–H and O–H groups in total. The molecule has 0 radical (unpaired) electrons. The Kier molecular flexibility index (Phi) is 4.12. The summed E-state index contributed by atoms with van der Waals surface area (Å²) >= 11 is 0. The van der Waals surface area contributed by atoms with E-state index in [4.69, 9.17) is 5.73 Å². The van der Waals surface area contributed by atoms with Crippen molar-refractivity contribution in [1.82, 2.24) is 4.98 Å². The van der Waals surface area contributed by atoms with Gasteiger partial charge in [-0.3, -0.25) is 9.78 Å². The van der Waals surface area contributed by atoms with Gasteiger partial charge in [0.25, 0.3) is 0 Å². The second-order valence-electron chi connectivity index (χ2n) is 4.71. The molecule has 19 heavy (non-hydrogen) atoms. The number of aromatic nitrogens is 1. The Bertz CT molecular complexity index is 595. The number of nitrogens with two attached hydrogens (primary N) is 1. The molecular weight excluding hydrogens is 238 g/mol. The summed E-state index contributed by atoms with van der Waals surface area (Å²) in [6.07, 6.45) is 3.34. The maximum absolute atomic E-state index is 12.0. The maximum Gasteiger partial charge on any atom is 0.241 e. The first-order valence-corrected chi connectivity index (χ1v) is 6.54. The molecule has 2 rings (SSSR count). The van der Waals surface area contributed by atoms with Crippen molar-refractivity contribution < 1.29 is 4.79 Å². The largest absolute Gasteiger partial charge is 0.324 e. The maximum atomic E-state index is 12.0. The smallest absolute Gasteiger partial charge is 0.241 e. The summed E-state index contributed by atoms with van der Waals surface area (Å²) in [5.74, 6) is -0.143. The average Bonchev–Trinajstić information content (AvgIpc) is 2.42. The number of carbonyl (C=O) groups excluding carboxylic acids is 1. The van der Waals surface area contributed by atoms with Crippen molar-refractivity contribution in [3.05, 3.63) is 36.0 Å². The summed E-state index contributed by atoms with van der Waals surface area (Å²) in [7, 11) is 0. The van der Waals surface area contributed by atoms with Crippen molar-refractivity contribution in [2.75, 3.05) is 5.32 Å². The van der Waals surface area contributed by atoms with E-state index in [9.17, 15) is 4.79 Å². The third-order valence-corrected chi connectivity index (χ3v) is 3.17. The quantitative estimate of drug-likeness (QED) is 0.884. The van der Waals surface area contributed by atoms with Gasteiger partial charge in [-0.05, 0) is 37.1 Å². The molecule has 4 nitrogen and oxygen atoms in total. The molecule has 1 aromatic heterocycles. The number of hydrogen-bond donors (Lipinski definition) is 2. The van der Waals surface area contributed by atoms with Crippen LogP contribution in [0, 0.1) is 6.92 Å². The predicted molar refractivity (Wildman–Crippen MR) is 78.0 cm³/mol. The van der Waals surface area contributed by atoms with Crippen molar-refractivity contribution in [2.45, 2.75) is 32.7 Å². The summed E-state index contributed by atoms with van der Waals surface area (Å²) in [5.41, 5.74) is 8.59. The lowest BCUT2D eigenvalue weighted by Crippen LogP contribution is -2.35. The standard InChI is InChI=1S/C15H19N3O/c1-3-5-12(16)15(19)18-13-8-7-10(2)14-11(13)6-4-9-17-14/h4,6-9,12H,3,5,16H2,1-2H3,(H,18,19). The highest BCUT2D eigenvalue weighted by Crippen LogP contribution is 2.24. The van der Waals surface area contributed by atoms with Gasteiger partial charge in [-0.1, -0.05) is 19.4 Å². The van der Waals surface area contributed by atoms with E-state index in [0.29, 0.717) is 6.42 Å². The molecule has 4 heteroatoms. The summed E-state index contributed by atoms with van der Waals surface area (Å²) in [4.78, 5) is 16.3. The van der Waals surface area contributed by atoms with Crippen LogP contribution in [0.1, 0.15) is 25.3 Å². The number of fused-ring (bicyclic) bond motifs is 1. The Morgan fingerprint density at radius 2 is 2.21 bits per heavy atom. The molecule has 0 spiro atoms. The van der Waals surface area contributed by atoms with Crippen molar-refractivity contribution in [1.29, 1.82) is 0 Å². The minimum atomic E-state index is -0.460. The van der Waals surface area contributed by atoms with Gasteiger partial charge in [-0.2, -0.15) is 0 Å². The van der Waals surface area contributed by atoms with Crippen molar-refractivity contribution >= 4 is 22.5 Å². The number of pyridine rings is 1. The Hall–Kier alpha value is -1.94. The van der Waals surface area contributed by atoms with Crippen molar-refractivity contribution in [3.63, 3.8) is 0 Å². The SMILES string of the molecule is CCCC(N)C(=O)Nc1ccc(C)c2ncccc12. The molecule has 1 heterocycles. The van der Waals surface area contributed by atoms with E-state index in [0.717, 1.165) is 28.6 Å². The van der Waals surface area contributed by atoms with Crippen LogP contribution in [0.3, 0.4) is 0 Å². The number of rotatable bonds is 4. The number of benzene rings is 1. The molecule has 0 aliphatic carbocycles. The summed E-state index contributed by atoms with van der Waals surface area (Å²) in [6, 6.07) is 7.21. The Morgan fingerprint density at radius 1 is 1.42 bits per heavy atom. The molecule has 1 aromatic carbocycles. The molecule has 2 aromatic rings. The van der Waals surface area contributed by atoms with E-state index >= 15 is 0 Å². The first-order chi connectivity index (χ1) is 9.13. The molecule has 100 valence electrons. The Morgan fingerprint density at radius 3 is 2.95 bits per heavy atom. The fourth-order valence-corrected chi connectivity index (χ4v) is 2.09. The van der Waals surface area contributed by atoms with Crippen molar-refractivity contribution in [2.24, 2.45) is 5.73 Å². The molecule has 0 bridgehead atoms. The number of nitrogens with one attached hydrogen (secondary N) is 1. The van der Waals surface area contributed by atoms with Crippen LogP contribution in [0.25, 0.3) is 10.9 Å². The van der Waals surface area contributed by atoms with Gasteiger partial charge in [0.05, 0.1) is 17.2 Å². The van der Waals surface area contributed by atoms with E-state index in [1.165, 1.54) is 0 Å². The van der Waals surface area contributed by atoms with Crippen LogP contribution in [-0.2, 0) is 4.79 Å². The minimum absolute atomic E-state index is 0.143. The molecule has 0 aliphatic heterocycles. The van der Waals surface area contributed by atoms with E-state index in [2.05, 4.69) is 10.3 Å². The topological polar surface area (TPSA) is 68.0 Å². The first kappa shape index (κ1) is 13.5. The zero-order valence-corrected chi connectivity index (χ0v) is 11.3. The minimum Gasteiger partial charge on any atom is -0.324 e.